The fourth-order valence-electron chi connectivity index (χ4n) is 2.64. The topological polar surface area (TPSA) is 74.5 Å². The number of benzene rings is 1. The first-order valence-corrected chi connectivity index (χ1v) is 8.49. The number of aliphatic hydroxyl groups excluding tert-OH is 2. The Labute approximate surface area is 140 Å². The van der Waals surface area contributed by atoms with E-state index in [-0.39, 0.29) is 12.0 Å². The summed E-state index contributed by atoms with van der Waals surface area (Å²) in [6.45, 7) is 0.679. The molecule has 0 aromatic heterocycles. The van der Waals surface area contributed by atoms with Crippen LogP contribution in [0.2, 0.25) is 0 Å². The van der Waals surface area contributed by atoms with Gasteiger partial charge in [-0.2, -0.15) is 0 Å². The number of rotatable bonds is 4. The summed E-state index contributed by atoms with van der Waals surface area (Å²) in [7, 11) is 3.79. The number of hydrogen-bond acceptors (Lipinski definition) is 7. The van der Waals surface area contributed by atoms with Crippen molar-refractivity contribution in [3.63, 3.8) is 0 Å². The standard InChI is InChI=1S/C16H22N2O4S/c1-18(2)16-17-12-14(20)13(19)11(22-15(12)23-16)9-21-8-10-6-4-3-5-7-10/h3-7,11-15,19-20H,8-9H2,1-2H3/t11-,12-,13-,14-,15-/m1/s1. The van der Waals surface area contributed by atoms with E-state index >= 15 is 0 Å². The Morgan fingerprint density at radius 1 is 1.22 bits per heavy atom. The van der Waals surface area contributed by atoms with Crippen LogP contribution in [-0.4, -0.2) is 70.8 Å². The zero-order chi connectivity index (χ0) is 16.4. The van der Waals surface area contributed by atoms with Crippen molar-refractivity contribution < 1.29 is 19.7 Å². The minimum Gasteiger partial charge on any atom is -0.388 e. The normalized spacial score (nSPS) is 33.2. The molecule has 2 aliphatic rings. The van der Waals surface area contributed by atoms with Crippen molar-refractivity contribution in [2.45, 2.75) is 36.4 Å². The maximum absolute atomic E-state index is 10.3. The lowest BCUT2D eigenvalue weighted by atomic mass is 9.99. The van der Waals surface area contributed by atoms with E-state index in [0.29, 0.717) is 6.61 Å². The third-order valence-electron chi connectivity index (χ3n) is 3.93. The van der Waals surface area contributed by atoms with Gasteiger partial charge in [-0.25, -0.2) is 0 Å². The molecular weight excluding hydrogens is 316 g/mol. The van der Waals surface area contributed by atoms with Gasteiger partial charge in [-0.3, -0.25) is 4.99 Å². The molecule has 0 spiro atoms. The van der Waals surface area contributed by atoms with Crippen molar-refractivity contribution in [3.05, 3.63) is 35.9 Å². The van der Waals surface area contributed by atoms with Gasteiger partial charge in [-0.05, 0) is 5.56 Å². The Bertz CT molecular complexity index is 554. The van der Waals surface area contributed by atoms with E-state index in [2.05, 4.69) is 4.99 Å². The number of aliphatic hydroxyl groups is 2. The summed E-state index contributed by atoms with van der Waals surface area (Å²) < 4.78 is 11.5. The third-order valence-corrected chi connectivity index (χ3v) is 5.23. The highest BCUT2D eigenvalue weighted by atomic mass is 32.2. The molecule has 23 heavy (non-hydrogen) atoms. The van der Waals surface area contributed by atoms with Crippen LogP contribution in [0.15, 0.2) is 35.3 Å². The van der Waals surface area contributed by atoms with E-state index in [1.807, 2.05) is 49.3 Å². The summed E-state index contributed by atoms with van der Waals surface area (Å²) in [6, 6.07) is 9.38. The fourth-order valence-corrected chi connectivity index (χ4v) is 3.80. The highest BCUT2D eigenvalue weighted by Crippen LogP contribution is 2.37. The smallest absolute Gasteiger partial charge is 0.161 e. The molecule has 7 heteroatoms. The quantitative estimate of drug-likeness (QED) is 0.841. The predicted octanol–water partition coefficient (Wildman–Crippen LogP) is 0.683. The van der Waals surface area contributed by atoms with E-state index in [0.717, 1.165) is 10.7 Å². The Morgan fingerprint density at radius 2 is 1.96 bits per heavy atom. The van der Waals surface area contributed by atoms with Gasteiger partial charge in [-0.15, -0.1) is 0 Å². The fraction of sp³-hybridized carbons (Fsp3) is 0.562. The van der Waals surface area contributed by atoms with E-state index < -0.39 is 24.4 Å². The van der Waals surface area contributed by atoms with Gasteiger partial charge >= 0.3 is 0 Å². The second-order valence-electron chi connectivity index (χ2n) is 5.94. The maximum Gasteiger partial charge on any atom is 0.161 e. The van der Waals surface area contributed by atoms with Crippen LogP contribution in [0.4, 0.5) is 0 Å². The van der Waals surface area contributed by atoms with Crippen LogP contribution < -0.4 is 0 Å². The molecule has 2 heterocycles. The summed E-state index contributed by atoms with van der Waals surface area (Å²) in [4.78, 5) is 6.31. The van der Waals surface area contributed by atoms with Gasteiger partial charge in [0.2, 0.25) is 0 Å². The molecule has 2 N–H and O–H groups in total. The van der Waals surface area contributed by atoms with Gasteiger partial charge in [0.1, 0.15) is 29.8 Å². The maximum atomic E-state index is 10.3. The summed E-state index contributed by atoms with van der Waals surface area (Å²) in [5.41, 5.74) is 0.779. The van der Waals surface area contributed by atoms with E-state index in [4.69, 9.17) is 9.47 Å². The highest BCUT2D eigenvalue weighted by Gasteiger charge is 2.48. The molecule has 5 atom stereocenters. The summed E-state index contributed by atoms with van der Waals surface area (Å²) >= 11 is 1.47. The van der Waals surface area contributed by atoms with Gasteiger partial charge in [0.25, 0.3) is 0 Å². The molecule has 0 radical (unpaired) electrons. The van der Waals surface area contributed by atoms with Crippen LogP contribution >= 0.6 is 11.8 Å². The van der Waals surface area contributed by atoms with Crippen LogP contribution in [0.25, 0.3) is 0 Å². The molecule has 126 valence electrons. The Morgan fingerprint density at radius 3 is 2.65 bits per heavy atom. The molecule has 1 fully saturated rings. The van der Waals surface area contributed by atoms with Crippen molar-refractivity contribution in [1.82, 2.24) is 4.90 Å². The Balaban J connectivity index is 1.56. The van der Waals surface area contributed by atoms with E-state index in [9.17, 15) is 10.2 Å². The molecule has 6 nitrogen and oxygen atoms in total. The summed E-state index contributed by atoms with van der Waals surface area (Å²) in [6.07, 6.45) is -2.50. The molecule has 0 unspecified atom stereocenters. The molecule has 2 aliphatic heterocycles. The molecule has 0 amide bonds. The van der Waals surface area contributed by atoms with Gasteiger partial charge in [0, 0.05) is 14.1 Å². The van der Waals surface area contributed by atoms with Crippen LogP contribution in [0.1, 0.15) is 5.56 Å². The number of hydrogen-bond donors (Lipinski definition) is 2. The summed E-state index contributed by atoms with van der Waals surface area (Å²) in [5.74, 6) is 0. The number of fused-ring (bicyclic) bond motifs is 1. The average molecular weight is 338 g/mol. The molecule has 1 aromatic rings. The van der Waals surface area contributed by atoms with Crippen molar-refractivity contribution in [2.75, 3.05) is 20.7 Å². The SMILES string of the molecule is CN(C)C1=N[C@@H]2[C@@H](O)[C@H](O)[C@@H](COCc3ccccc3)O[C@@H]2S1. The number of thioether (sulfide) groups is 1. The first-order chi connectivity index (χ1) is 11.1. The van der Waals surface area contributed by atoms with Gasteiger partial charge < -0.3 is 24.6 Å². The minimum atomic E-state index is -1.00. The van der Waals surface area contributed by atoms with E-state index in [1.54, 1.807) is 0 Å². The largest absolute Gasteiger partial charge is 0.388 e. The third kappa shape index (κ3) is 3.70. The van der Waals surface area contributed by atoms with Crippen molar-refractivity contribution in [1.29, 1.82) is 0 Å². The van der Waals surface area contributed by atoms with Gasteiger partial charge in [0.15, 0.2) is 5.17 Å². The number of nitrogens with zero attached hydrogens (tertiary/aromatic N) is 2. The molecule has 0 aliphatic carbocycles. The molecule has 1 saturated heterocycles. The van der Waals surface area contributed by atoms with Gasteiger partial charge in [-0.1, -0.05) is 42.1 Å². The molecule has 1 aromatic carbocycles. The van der Waals surface area contributed by atoms with Crippen LogP contribution in [0, 0.1) is 0 Å². The number of aliphatic imine (C=N–C) groups is 1. The van der Waals surface area contributed by atoms with Crippen LogP contribution in [0.5, 0.6) is 0 Å². The first-order valence-electron chi connectivity index (χ1n) is 7.61. The number of ether oxygens (including phenoxy) is 2. The van der Waals surface area contributed by atoms with E-state index in [1.165, 1.54) is 11.8 Å². The van der Waals surface area contributed by atoms with Crippen molar-refractivity contribution >= 4 is 16.9 Å². The Kier molecular flexibility index (Phi) is 5.23. The van der Waals surface area contributed by atoms with Crippen LogP contribution in [0.3, 0.4) is 0 Å². The molecule has 0 bridgehead atoms. The second kappa shape index (κ2) is 7.19. The predicted molar refractivity (Wildman–Crippen MR) is 89.3 cm³/mol. The monoisotopic (exact) mass is 338 g/mol. The Hall–Kier alpha value is -1.12. The average Bonchev–Trinajstić information content (AvgIpc) is 2.97. The second-order valence-corrected chi connectivity index (χ2v) is 7.00. The van der Waals surface area contributed by atoms with Crippen molar-refractivity contribution in [2.24, 2.45) is 4.99 Å². The van der Waals surface area contributed by atoms with Crippen molar-refractivity contribution in [3.8, 4) is 0 Å². The lowest BCUT2D eigenvalue weighted by molar-refractivity contribution is -0.171. The van der Waals surface area contributed by atoms with Crippen LogP contribution in [-0.2, 0) is 16.1 Å². The molecule has 0 saturated carbocycles. The minimum absolute atomic E-state index is 0.230. The van der Waals surface area contributed by atoms with Gasteiger partial charge in [0.05, 0.1) is 13.2 Å². The molecular formula is C16H22N2O4S. The zero-order valence-electron chi connectivity index (χ0n) is 13.2. The first kappa shape index (κ1) is 16.7. The molecule has 3 rings (SSSR count). The summed E-state index contributed by atoms with van der Waals surface area (Å²) in [5, 5.41) is 21.4. The zero-order valence-corrected chi connectivity index (χ0v) is 14.0. The highest BCUT2D eigenvalue weighted by molar-refractivity contribution is 8.14. The lowest BCUT2D eigenvalue weighted by Crippen LogP contribution is -2.56. The number of amidine groups is 1. The lowest BCUT2D eigenvalue weighted by Gasteiger charge is -2.38.